The molecule has 6 heteroatoms. The molecule has 22 heavy (non-hydrogen) atoms. The van der Waals surface area contributed by atoms with Crippen LogP contribution in [0.2, 0.25) is 0 Å². The fourth-order valence-electron chi connectivity index (χ4n) is 2.95. The molecule has 1 fully saturated rings. The summed E-state index contributed by atoms with van der Waals surface area (Å²) in [4.78, 5) is 26.7. The molecular formula is C16H19N3O3. The number of ether oxygens (including phenoxy) is 1. The highest BCUT2D eigenvalue weighted by Gasteiger charge is 2.28. The minimum absolute atomic E-state index is 0.00787. The summed E-state index contributed by atoms with van der Waals surface area (Å²) < 4.78 is 6.89. The molecule has 116 valence electrons. The second-order valence-electron chi connectivity index (χ2n) is 5.79. The van der Waals surface area contributed by atoms with Gasteiger partial charge in [-0.2, -0.15) is 5.10 Å². The maximum absolute atomic E-state index is 12.9. The van der Waals surface area contributed by atoms with Crippen LogP contribution in [0.5, 0.6) is 0 Å². The molecule has 0 N–H and O–H groups in total. The number of rotatable bonds is 1. The van der Waals surface area contributed by atoms with Crippen molar-refractivity contribution >= 4 is 16.7 Å². The van der Waals surface area contributed by atoms with E-state index in [1.807, 2.05) is 19.9 Å². The Morgan fingerprint density at radius 1 is 1.18 bits per heavy atom. The van der Waals surface area contributed by atoms with Crippen molar-refractivity contribution in [2.45, 2.75) is 26.1 Å². The molecular weight excluding hydrogens is 282 g/mol. The summed E-state index contributed by atoms with van der Waals surface area (Å²) in [6.07, 6.45) is -0.0157. The van der Waals surface area contributed by atoms with Crippen LogP contribution in [-0.2, 0) is 11.8 Å². The lowest BCUT2D eigenvalue weighted by molar-refractivity contribution is -0.0587. The standard InChI is InChI=1S/C16H19N3O3/c1-10-8-19(9-11(2)22-10)16(21)14-12-6-4-5-7-13(12)15(20)18(3)17-14/h4-7,10-11H,8-9H2,1-3H3/t10-,11-/m0/s1. The van der Waals surface area contributed by atoms with Crippen molar-refractivity contribution in [3.8, 4) is 0 Å². The van der Waals surface area contributed by atoms with Crippen molar-refractivity contribution in [2.75, 3.05) is 13.1 Å². The summed E-state index contributed by atoms with van der Waals surface area (Å²) in [5.41, 5.74) is 0.120. The van der Waals surface area contributed by atoms with Crippen molar-refractivity contribution in [1.29, 1.82) is 0 Å². The van der Waals surface area contributed by atoms with Gasteiger partial charge in [-0.15, -0.1) is 0 Å². The Hall–Kier alpha value is -2.21. The number of benzene rings is 1. The molecule has 0 aliphatic carbocycles. The molecule has 1 amide bonds. The van der Waals surface area contributed by atoms with Crippen molar-refractivity contribution in [1.82, 2.24) is 14.7 Å². The van der Waals surface area contributed by atoms with E-state index in [-0.39, 0.29) is 23.7 Å². The molecule has 2 aromatic rings. The Kier molecular flexibility index (Phi) is 3.70. The van der Waals surface area contributed by atoms with Crippen molar-refractivity contribution in [3.05, 3.63) is 40.3 Å². The number of aromatic nitrogens is 2. The molecule has 1 aromatic carbocycles. The maximum atomic E-state index is 12.9. The van der Waals surface area contributed by atoms with Gasteiger partial charge in [-0.1, -0.05) is 18.2 Å². The Bertz CT molecular complexity index is 774. The van der Waals surface area contributed by atoms with Gasteiger partial charge >= 0.3 is 0 Å². The quantitative estimate of drug-likeness (QED) is 0.793. The predicted molar refractivity (Wildman–Crippen MR) is 82.9 cm³/mol. The monoisotopic (exact) mass is 301 g/mol. The number of nitrogens with zero attached hydrogens (tertiary/aromatic N) is 3. The van der Waals surface area contributed by atoms with Crippen LogP contribution in [0.1, 0.15) is 24.3 Å². The third-order valence-corrected chi connectivity index (χ3v) is 3.87. The molecule has 1 saturated heterocycles. The van der Waals surface area contributed by atoms with Gasteiger partial charge in [0.1, 0.15) is 0 Å². The van der Waals surface area contributed by atoms with E-state index in [0.29, 0.717) is 29.6 Å². The van der Waals surface area contributed by atoms with E-state index in [2.05, 4.69) is 5.10 Å². The zero-order chi connectivity index (χ0) is 15.9. The van der Waals surface area contributed by atoms with Crippen LogP contribution in [0.25, 0.3) is 10.8 Å². The third kappa shape index (κ3) is 2.50. The van der Waals surface area contributed by atoms with E-state index in [9.17, 15) is 9.59 Å². The van der Waals surface area contributed by atoms with E-state index in [1.54, 1.807) is 30.1 Å². The highest BCUT2D eigenvalue weighted by Crippen LogP contribution is 2.18. The molecule has 0 unspecified atom stereocenters. The fourth-order valence-corrected chi connectivity index (χ4v) is 2.95. The molecule has 2 atom stereocenters. The summed E-state index contributed by atoms with van der Waals surface area (Å²) in [7, 11) is 1.57. The van der Waals surface area contributed by atoms with Gasteiger partial charge in [-0.3, -0.25) is 9.59 Å². The first kappa shape index (κ1) is 14.7. The SMILES string of the molecule is C[C@H]1CN(C(=O)c2nn(C)c(=O)c3ccccc23)C[C@H](C)O1. The Morgan fingerprint density at radius 3 is 2.41 bits per heavy atom. The first-order valence-electron chi connectivity index (χ1n) is 7.38. The highest BCUT2D eigenvalue weighted by molar-refractivity contribution is 6.04. The minimum Gasteiger partial charge on any atom is -0.372 e. The van der Waals surface area contributed by atoms with E-state index >= 15 is 0 Å². The largest absolute Gasteiger partial charge is 0.372 e. The Morgan fingerprint density at radius 2 is 1.77 bits per heavy atom. The van der Waals surface area contributed by atoms with Crippen molar-refractivity contribution in [3.63, 3.8) is 0 Å². The maximum Gasteiger partial charge on any atom is 0.275 e. The lowest BCUT2D eigenvalue weighted by Crippen LogP contribution is -2.48. The Balaban J connectivity index is 2.08. The summed E-state index contributed by atoms with van der Waals surface area (Å²) >= 11 is 0. The second kappa shape index (κ2) is 5.53. The Labute approximate surface area is 128 Å². The van der Waals surface area contributed by atoms with E-state index in [4.69, 9.17) is 4.74 Å². The number of carbonyl (C=O) groups is 1. The van der Waals surface area contributed by atoms with E-state index in [0.717, 1.165) is 0 Å². The van der Waals surface area contributed by atoms with Gasteiger partial charge < -0.3 is 9.64 Å². The van der Waals surface area contributed by atoms with Crippen LogP contribution in [0.3, 0.4) is 0 Å². The number of carbonyl (C=O) groups excluding carboxylic acids is 1. The van der Waals surface area contributed by atoms with Gasteiger partial charge in [0.25, 0.3) is 11.5 Å². The van der Waals surface area contributed by atoms with Crippen LogP contribution in [0.4, 0.5) is 0 Å². The van der Waals surface area contributed by atoms with Gasteiger partial charge in [0, 0.05) is 25.5 Å². The van der Waals surface area contributed by atoms with Crippen LogP contribution in [0, 0.1) is 0 Å². The smallest absolute Gasteiger partial charge is 0.275 e. The summed E-state index contributed by atoms with van der Waals surface area (Å²) in [6.45, 7) is 4.95. The first-order chi connectivity index (χ1) is 10.5. The second-order valence-corrected chi connectivity index (χ2v) is 5.79. The number of morpholine rings is 1. The lowest BCUT2D eigenvalue weighted by Gasteiger charge is -2.35. The van der Waals surface area contributed by atoms with Crippen LogP contribution in [0.15, 0.2) is 29.1 Å². The first-order valence-corrected chi connectivity index (χ1v) is 7.38. The molecule has 0 spiro atoms. The number of amides is 1. The van der Waals surface area contributed by atoms with Crippen LogP contribution >= 0.6 is 0 Å². The van der Waals surface area contributed by atoms with Gasteiger partial charge in [-0.05, 0) is 19.9 Å². The molecule has 3 rings (SSSR count). The number of aryl methyl sites for hydroxylation is 1. The predicted octanol–water partition coefficient (Wildman–Crippen LogP) is 1.18. The molecule has 6 nitrogen and oxygen atoms in total. The van der Waals surface area contributed by atoms with Crippen molar-refractivity contribution in [2.24, 2.45) is 7.05 Å². The molecule has 0 saturated carbocycles. The number of hydrogen-bond donors (Lipinski definition) is 0. The van der Waals surface area contributed by atoms with Crippen LogP contribution < -0.4 is 5.56 Å². The zero-order valence-electron chi connectivity index (χ0n) is 12.9. The lowest BCUT2D eigenvalue weighted by atomic mass is 10.1. The minimum atomic E-state index is -0.198. The average Bonchev–Trinajstić information content (AvgIpc) is 2.49. The van der Waals surface area contributed by atoms with Gasteiger partial charge in [-0.25, -0.2) is 4.68 Å². The zero-order valence-corrected chi connectivity index (χ0v) is 12.9. The van der Waals surface area contributed by atoms with Gasteiger partial charge in [0.2, 0.25) is 0 Å². The van der Waals surface area contributed by atoms with Gasteiger partial charge in [0.15, 0.2) is 5.69 Å². The molecule has 1 aromatic heterocycles. The topological polar surface area (TPSA) is 64.4 Å². The van der Waals surface area contributed by atoms with Crippen molar-refractivity contribution < 1.29 is 9.53 Å². The molecule has 1 aliphatic heterocycles. The highest BCUT2D eigenvalue weighted by atomic mass is 16.5. The summed E-state index contributed by atoms with van der Waals surface area (Å²) in [5, 5.41) is 5.31. The molecule has 0 radical (unpaired) electrons. The fraction of sp³-hybridized carbons (Fsp3) is 0.438. The van der Waals surface area contributed by atoms with Gasteiger partial charge in [0.05, 0.1) is 17.6 Å². The third-order valence-electron chi connectivity index (χ3n) is 3.87. The number of fused-ring (bicyclic) bond motifs is 1. The molecule has 2 heterocycles. The normalized spacial score (nSPS) is 22.0. The average molecular weight is 301 g/mol. The number of hydrogen-bond acceptors (Lipinski definition) is 4. The molecule has 0 bridgehead atoms. The van der Waals surface area contributed by atoms with E-state index in [1.165, 1.54) is 4.68 Å². The molecule has 1 aliphatic rings. The van der Waals surface area contributed by atoms with Crippen LogP contribution in [-0.4, -0.2) is 45.9 Å². The summed E-state index contributed by atoms with van der Waals surface area (Å²) in [6, 6.07) is 7.09. The van der Waals surface area contributed by atoms with E-state index < -0.39 is 0 Å². The summed E-state index contributed by atoms with van der Waals surface area (Å²) in [5.74, 6) is -0.159.